The van der Waals surface area contributed by atoms with Gasteiger partial charge >= 0.3 is 0 Å². The monoisotopic (exact) mass is 319 g/mol. The topological polar surface area (TPSA) is 21.3 Å². The molecule has 0 radical (unpaired) electrons. The van der Waals surface area contributed by atoms with Crippen molar-refractivity contribution in [2.24, 2.45) is 0 Å². The average molecular weight is 319 g/mol. The molecule has 22 heavy (non-hydrogen) atoms. The standard InChI is InChI=1S/C18H22FNOS/c1-15-5-2-3-6-18(15)21-13-12-20-11-4-14-22-17-9-7-16(19)8-10-17/h2-3,5-10,20H,4,11-14H2,1H3. The van der Waals surface area contributed by atoms with Crippen LogP contribution in [0.1, 0.15) is 12.0 Å². The van der Waals surface area contributed by atoms with Crippen LogP contribution in [0, 0.1) is 12.7 Å². The molecule has 1 N–H and O–H groups in total. The molecule has 0 heterocycles. The number of nitrogens with one attached hydrogen (secondary N) is 1. The molecular formula is C18H22FNOS. The molecule has 0 saturated carbocycles. The molecule has 2 rings (SSSR count). The van der Waals surface area contributed by atoms with Crippen molar-refractivity contribution >= 4 is 11.8 Å². The molecule has 2 aromatic rings. The molecule has 0 aliphatic rings. The lowest BCUT2D eigenvalue weighted by Gasteiger charge is -2.09. The Labute approximate surface area is 136 Å². The van der Waals surface area contributed by atoms with E-state index in [0.29, 0.717) is 6.61 Å². The van der Waals surface area contributed by atoms with Crippen molar-refractivity contribution in [2.75, 3.05) is 25.4 Å². The first-order chi connectivity index (χ1) is 10.8. The Hall–Kier alpha value is -1.52. The van der Waals surface area contributed by atoms with E-state index < -0.39 is 0 Å². The SMILES string of the molecule is Cc1ccccc1OCCNCCCSc1ccc(F)cc1. The van der Waals surface area contributed by atoms with Crippen LogP contribution in [0.2, 0.25) is 0 Å². The minimum absolute atomic E-state index is 0.181. The highest BCUT2D eigenvalue weighted by Crippen LogP contribution is 2.18. The maximum Gasteiger partial charge on any atom is 0.123 e. The number of aryl methyl sites for hydroxylation is 1. The summed E-state index contributed by atoms with van der Waals surface area (Å²) in [6.45, 7) is 4.53. The van der Waals surface area contributed by atoms with Gasteiger partial charge in [0.15, 0.2) is 0 Å². The lowest BCUT2D eigenvalue weighted by atomic mass is 10.2. The Morgan fingerprint density at radius 3 is 2.59 bits per heavy atom. The first kappa shape index (κ1) is 16.8. The smallest absolute Gasteiger partial charge is 0.123 e. The molecule has 0 aliphatic heterocycles. The van der Waals surface area contributed by atoms with E-state index in [1.807, 2.05) is 30.3 Å². The van der Waals surface area contributed by atoms with E-state index in [9.17, 15) is 4.39 Å². The third kappa shape index (κ3) is 6.08. The summed E-state index contributed by atoms with van der Waals surface area (Å²) in [5.74, 6) is 1.80. The fourth-order valence-electron chi connectivity index (χ4n) is 1.99. The lowest BCUT2D eigenvalue weighted by Crippen LogP contribution is -2.22. The number of thioether (sulfide) groups is 1. The first-order valence-corrected chi connectivity index (χ1v) is 8.52. The average Bonchev–Trinajstić information content (AvgIpc) is 2.53. The Morgan fingerprint density at radius 1 is 1.05 bits per heavy atom. The van der Waals surface area contributed by atoms with Crippen LogP contribution in [-0.4, -0.2) is 25.4 Å². The number of benzene rings is 2. The van der Waals surface area contributed by atoms with E-state index in [2.05, 4.69) is 18.3 Å². The predicted molar refractivity (Wildman–Crippen MR) is 91.3 cm³/mol. The maximum atomic E-state index is 12.8. The van der Waals surface area contributed by atoms with Crippen LogP contribution in [0.25, 0.3) is 0 Å². The minimum atomic E-state index is -0.181. The van der Waals surface area contributed by atoms with Crippen molar-refractivity contribution in [3.8, 4) is 5.75 Å². The number of hydrogen-bond donors (Lipinski definition) is 1. The summed E-state index contributed by atoms with van der Waals surface area (Å²) in [6, 6.07) is 14.7. The third-order valence-electron chi connectivity index (χ3n) is 3.21. The van der Waals surface area contributed by atoms with Crippen LogP contribution >= 0.6 is 11.8 Å². The molecule has 2 aromatic carbocycles. The third-order valence-corrected chi connectivity index (χ3v) is 4.31. The molecule has 0 fully saturated rings. The summed E-state index contributed by atoms with van der Waals surface area (Å²) in [7, 11) is 0. The molecule has 0 saturated heterocycles. The number of ether oxygens (including phenoxy) is 1. The molecule has 0 bridgehead atoms. The predicted octanol–water partition coefficient (Wildman–Crippen LogP) is 4.28. The number of para-hydroxylation sites is 1. The molecule has 2 nitrogen and oxygen atoms in total. The van der Waals surface area contributed by atoms with Crippen LogP contribution in [0.5, 0.6) is 5.75 Å². The van der Waals surface area contributed by atoms with E-state index in [4.69, 9.17) is 4.74 Å². The second kappa shape index (κ2) is 9.49. The summed E-state index contributed by atoms with van der Waals surface area (Å²) in [6.07, 6.45) is 1.08. The summed E-state index contributed by atoms with van der Waals surface area (Å²) in [5, 5.41) is 3.37. The molecular weight excluding hydrogens is 297 g/mol. The van der Waals surface area contributed by atoms with E-state index in [1.165, 1.54) is 12.1 Å². The lowest BCUT2D eigenvalue weighted by molar-refractivity contribution is 0.312. The normalized spacial score (nSPS) is 10.6. The van der Waals surface area contributed by atoms with Crippen LogP contribution in [0.15, 0.2) is 53.4 Å². The second-order valence-corrected chi connectivity index (χ2v) is 6.19. The zero-order valence-electron chi connectivity index (χ0n) is 12.8. The summed E-state index contributed by atoms with van der Waals surface area (Å²) >= 11 is 1.75. The van der Waals surface area contributed by atoms with E-state index in [0.717, 1.165) is 41.5 Å². The Morgan fingerprint density at radius 2 is 1.82 bits per heavy atom. The maximum absolute atomic E-state index is 12.8. The van der Waals surface area contributed by atoms with Crippen LogP contribution < -0.4 is 10.1 Å². The van der Waals surface area contributed by atoms with E-state index >= 15 is 0 Å². The first-order valence-electron chi connectivity index (χ1n) is 7.53. The van der Waals surface area contributed by atoms with E-state index in [1.54, 1.807) is 11.8 Å². The number of hydrogen-bond acceptors (Lipinski definition) is 3. The zero-order valence-corrected chi connectivity index (χ0v) is 13.7. The Kier molecular flexibility index (Phi) is 7.26. The summed E-state index contributed by atoms with van der Waals surface area (Å²) in [4.78, 5) is 1.12. The fraction of sp³-hybridized carbons (Fsp3) is 0.333. The number of halogens is 1. The molecule has 118 valence electrons. The van der Waals surface area contributed by atoms with Gasteiger partial charge in [0.05, 0.1) is 0 Å². The second-order valence-electron chi connectivity index (χ2n) is 5.02. The molecule has 4 heteroatoms. The van der Waals surface area contributed by atoms with Crippen molar-refractivity contribution in [1.82, 2.24) is 5.32 Å². The van der Waals surface area contributed by atoms with Gasteiger partial charge in [0.2, 0.25) is 0 Å². The summed E-state index contributed by atoms with van der Waals surface area (Å²) < 4.78 is 18.5. The van der Waals surface area contributed by atoms with Gasteiger partial charge in [-0.05, 0) is 61.5 Å². The Balaban J connectivity index is 1.49. The van der Waals surface area contributed by atoms with Crippen molar-refractivity contribution < 1.29 is 9.13 Å². The molecule has 0 aliphatic carbocycles. The number of rotatable bonds is 9. The largest absolute Gasteiger partial charge is 0.492 e. The highest BCUT2D eigenvalue weighted by atomic mass is 32.2. The minimum Gasteiger partial charge on any atom is -0.492 e. The Bertz CT molecular complexity index is 559. The van der Waals surface area contributed by atoms with Crippen LogP contribution in [0.4, 0.5) is 4.39 Å². The molecule has 0 spiro atoms. The zero-order chi connectivity index (χ0) is 15.6. The van der Waals surface area contributed by atoms with E-state index in [-0.39, 0.29) is 5.82 Å². The molecule has 0 atom stereocenters. The van der Waals surface area contributed by atoms with Gasteiger partial charge in [-0.1, -0.05) is 18.2 Å². The quantitative estimate of drug-likeness (QED) is 0.550. The van der Waals surface area contributed by atoms with Gasteiger partial charge in [-0.15, -0.1) is 11.8 Å². The fourth-order valence-corrected chi connectivity index (χ4v) is 2.85. The van der Waals surface area contributed by atoms with Crippen molar-refractivity contribution in [1.29, 1.82) is 0 Å². The van der Waals surface area contributed by atoms with Gasteiger partial charge in [-0.2, -0.15) is 0 Å². The van der Waals surface area contributed by atoms with Gasteiger partial charge in [0, 0.05) is 11.4 Å². The van der Waals surface area contributed by atoms with Gasteiger partial charge in [0.25, 0.3) is 0 Å². The molecule has 0 unspecified atom stereocenters. The van der Waals surface area contributed by atoms with Gasteiger partial charge in [-0.25, -0.2) is 4.39 Å². The molecule has 0 aromatic heterocycles. The van der Waals surface area contributed by atoms with Crippen molar-refractivity contribution in [2.45, 2.75) is 18.2 Å². The van der Waals surface area contributed by atoms with Gasteiger partial charge < -0.3 is 10.1 Å². The van der Waals surface area contributed by atoms with Crippen molar-refractivity contribution in [3.05, 3.63) is 59.9 Å². The van der Waals surface area contributed by atoms with Crippen LogP contribution in [0.3, 0.4) is 0 Å². The summed E-state index contributed by atoms with van der Waals surface area (Å²) in [5.41, 5.74) is 1.16. The highest BCUT2D eigenvalue weighted by Gasteiger charge is 1.97. The van der Waals surface area contributed by atoms with Gasteiger partial charge in [-0.3, -0.25) is 0 Å². The highest BCUT2D eigenvalue weighted by molar-refractivity contribution is 7.99. The molecule has 0 amide bonds. The van der Waals surface area contributed by atoms with Crippen LogP contribution in [-0.2, 0) is 0 Å². The van der Waals surface area contributed by atoms with Crippen molar-refractivity contribution in [3.63, 3.8) is 0 Å². The van der Waals surface area contributed by atoms with Gasteiger partial charge in [0.1, 0.15) is 18.2 Å².